The Kier molecular flexibility index (Phi) is 6.68. The molecule has 146 valence electrons. The van der Waals surface area contributed by atoms with Crippen LogP contribution in [0.2, 0.25) is 0 Å². The molecule has 1 aromatic carbocycles. The number of carbonyl (C=O) groups is 3. The summed E-state index contributed by atoms with van der Waals surface area (Å²) in [7, 11) is 0. The zero-order valence-corrected chi connectivity index (χ0v) is 15.6. The second-order valence-corrected chi connectivity index (χ2v) is 7.87. The van der Waals surface area contributed by atoms with Gasteiger partial charge in [-0.1, -0.05) is 12.1 Å². The Morgan fingerprint density at radius 1 is 1.19 bits per heavy atom. The lowest BCUT2D eigenvalue weighted by Crippen LogP contribution is -2.56. The van der Waals surface area contributed by atoms with Gasteiger partial charge >= 0.3 is 0 Å². The normalized spacial score (nSPS) is 22.0. The molecule has 0 aromatic heterocycles. The van der Waals surface area contributed by atoms with Crippen molar-refractivity contribution in [3.05, 3.63) is 35.6 Å². The molecule has 2 atom stereocenters. The summed E-state index contributed by atoms with van der Waals surface area (Å²) in [5, 5.41) is 11.6. The van der Waals surface area contributed by atoms with E-state index < -0.39 is 5.50 Å². The Labute approximate surface area is 161 Å². The van der Waals surface area contributed by atoms with Gasteiger partial charge in [-0.15, -0.1) is 11.8 Å². The van der Waals surface area contributed by atoms with Crippen molar-refractivity contribution in [2.45, 2.75) is 49.8 Å². The number of hydrogen-bond acceptors (Lipinski definition) is 5. The lowest BCUT2D eigenvalue weighted by Gasteiger charge is -2.30. The van der Waals surface area contributed by atoms with Gasteiger partial charge in [-0.05, 0) is 30.5 Å². The van der Waals surface area contributed by atoms with E-state index in [-0.39, 0.29) is 48.2 Å². The Balaban J connectivity index is 1.38. The van der Waals surface area contributed by atoms with Gasteiger partial charge in [0.15, 0.2) is 0 Å². The average molecular weight is 394 g/mol. The Morgan fingerprint density at radius 2 is 1.93 bits per heavy atom. The highest BCUT2D eigenvalue weighted by molar-refractivity contribution is 8.00. The van der Waals surface area contributed by atoms with Crippen molar-refractivity contribution < 1.29 is 18.8 Å². The first kappa shape index (κ1) is 19.6. The summed E-state index contributed by atoms with van der Waals surface area (Å²) >= 11 is 1.26. The Hall–Kier alpha value is -2.13. The van der Waals surface area contributed by atoms with Crippen LogP contribution in [0.5, 0.6) is 0 Å². The van der Waals surface area contributed by atoms with E-state index in [4.69, 9.17) is 0 Å². The third-order valence-electron chi connectivity index (χ3n) is 4.27. The zero-order chi connectivity index (χ0) is 19.2. The predicted molar refractivity (Wildman–Crippen MR) is 100.0 cm³/mol. The lowest BCUT2D eigenvalue weighted by atomic mass is 10.1. The number of carbonyl (C=O) groups excluding carboxylic acids is 3. The van der Waals surface area contributed by atoms with Gasteiger partial charge in [-0.2, -0.15) is 0 Å². The van der Waals surface area contributed by atoms with Crippen LogP contribution in [0.25, 0.3) is 0 Å². The van der Waals surface area contributed by atoms with Crippen molar-refractivity contribution in [3.63, 3.8) is 0 Å². The number of thioether (sulfide) groups is 1. The fourth-order valence-corrected chi connectivity index (χ4v) is 3.64. The maximum absolute atomic E-state index is 12.9. The molecule has 4 N–H and O–H groups in total. The first-order valence-corrected chi connectivity index (χ1v) is 10.0. The summed E-state index contributed by atoms with van der Waals surface area (Å²) in [6.07, 6.45) is 2.54. The molecule has 1 saturated carbocycles. The first-order chi connectivity index (χ1) is 13.0. The van der Waals surface area contributed by atoms with E-state index in [1.807, 2.05) is 0 Å². The summed E-state index contributed by atoms with van der Waals surface area (Å²) in [6, 6.07) is 5.97. The summed E-state index contributed by atoms with van der Waals surface area (Å²) in [4.78, 5) is 35.7. The van der Waals surface area contributed by atoms with Crippen LogP contribution in [0, 0.1) is 5.82 Å². The monoisotopic (exact) mass is 394 g/mol. The van der Waals surface area contributed by atoms with Crippen molar-refractivity contribution in [1.29, 1.82) is 0 Å². The van der Waals surface area contributed by atoms with Gasteiger partial charge in [0.25, 0.3) is 0 Å². The molecule has 27 heavy (non-hydrogen) atoms. The molecule has 2 unspecified atom stereocenters. The molecule has 1 aromatic rings. The molecule has 1 aliphatic carbocycles. The van der Waals surface area contributed by atoms with Gasteiger partial charge in [-0.25, -0.2) is 4.39 Å². The van der Waals surface area contributed by atoms with Crippen molar-refractivity contribution in [2.24, 2.45) is 0 Å². The van der Waals surface area contributed by atoms with Gasteiger partial charge in [0.2, 0.25) is 17.7 Å². The number of amides is 3. The highest BCUT2D eigenvalue weighted by Crippen LogP contribution is 2.19. The van der Waals surface area contributed by atoms with Crippen molar-refractivity contribution in [1.82, 2.24) is 21.3 Å². The first-order valence-electron chi connectivity index (χ1n) is 8.95. The maximum Gasteiger partial charge on any atom is 0.230 e. The number of halogens is 1. The minimum Gasteiger partial charge on any atom is -0.353 e. The summed E-state index contributed by atoms with van der Waals surface area (Å²) < 4.78 is 12.9. The van der Waals surface area contributed by atoms with Crippen molar-refractivity contribution in [3.8, 4) is 0 Å². The standard InChI is InChI=1S/C18H23FN4O3S/c19-12-3-1-11(2-4-12)9-20-17(26)10-27-18-22-14(8-16(25)23-18)7-15(24)21-13-5-6-13/h1-4,13-14,18,22H,5-10H2,(H,20,26)(H,21,24)(H,23,25). The van der Waals surface area contributed by atoms with Crippen molar-refractivity contribution >= 4 is 29.5 Å². The van der Waals surface area contributed by atoms with Crippen LogP contribution < -0.4 is 21.3 Å². The van der Waals surface area contributed by atoms with E-state index >= 15 is 0 Å². The van der Waals surface area contributed by atoms with E-state index in [9.17, 15) is 18.8 Å². The molecule has 0 bridgehead atoms. The largest absolute Gasteiger partial charge is 0.353 e. The molecule has 9 heteroatoms. The summed E-state index contributed by atoms with van der Waals surface area (Å²) in [5.41, 5.74) is 0.391. The minimum atomic E-state index is -0.415. The molecule has 1 saturated heterocycles. The van der Waals surface area contributed by atoms with Crippen LogP contribution in [-0.4, -0.2) is 41.1 Å². The molecule has 2 aliphatic rings. The highest BCUT2D eigenvalue weighted by atomic mass is 32.2. The van der Waals surface area contributed by atoms with Gasteiger partial charge in [0.1, 0.15) is 11.3 Å². The minimum absolute atomic E-state index is 0.0505. The third kappa shape index (κ3) is 6.84. The summed E-state index contributed by atoms with van der Waals surface area (Å²) in [6.45, 7) is 0.314. The van der Waals surface area contributed by atoms with Gasteiger partial charge in [0, 0.05) is 31.5 Å². The number of hydrogen-bond donors (Lipinski definition) is 4. The molecule has 0 spiro atoms. The SMILES string of the molecule is O=C(CSC1NC(=O)CC(CC(=O)NC2CC2)N1)NCc1ccc(F)cc1. The molecule has 3 rings (SSSR count). The Morgan fingerprint density at radius 3 is 2.63 bits per heavy atom. The maximum atomic E-state index is 12.9. The lowest BCUT2D eigenvalue weighted by molar-refractivity contribution is -0.125. The molecule has 1 aliphatic heterocycles. The number of nitrogens with one attached hydrogen (secondary N) is 4. The van der Waals surface area contributed by atoms with E-state index in [2.05, 4.69) is 21.3 Å². The van der Waals surface area contributed by atoms with E-state index in [0.29, 0.717) is 12.6 Å². The van der Waals surface area contributed by atoms with Crippen LogP contribution in [0.4, 0.5) is 4.39 Å². The van der Waals surface area contributed by atoms with Crippen LogP contribution in [0.15, 0.2) is 24.3 Å². The molecule has 1 heterocycles. The smallest absolute Gasteiger partial charge is 0.230 e. The molecular formula is C18H23FN4O3S. The molecular weight excluding hydrogens is 371 g/mol. The fraction of sp³-hybridized carbons (Fsp3) is 0.500. The molecule has 2 fully saturated rings. The predicted octanol–water partition coefficient (Wildman–Crippen LogP) is 0.606. The van der Waals surface area contributed by atoms with E-state index in [1.54, 1.807) is 12.1 Å². The quantitative estimate of drug-likeness (QED) is 0.518. The molecule has 3 amide bonds. The second-order valence-electron chi connectivity index (χ2n) is 6.78. The third-order valence-corrected chi connectivity index (χ3v) is 5.29. The number of rotatable bonds is 8. The molecule has 7 nitrogen and oxygen atoms in total. The summed E-state index contributed by atoms with van der Waals surface area (Å²) in [5.74, 6) is -0.540. The van der Waals surface area contributed by atoms with Crippen LogP contribution >= 0.6 is 11.8 Å². The van der Waals surface area contributed by atoms with Crippen molar-refractivity contribution in [2.75, 3.05) is 5.75 Å². The molecule has 0 radical (unpaired) electrons. The second kappa shape index (κ2) is 9.18. The van der Waals surface area contributed by atoms with Gasteiger partial charge < -0.3 is 16.0 Å². The highest BCUT2D eigenvalue weighted by Gasteiger charge is 2.30. The Bertz CT molecular complexity index is 696. The van der Waals surface area contributed by atoms with Crippen LogP contribution in [0.3, 0.4) is 0 Å². The van der Waals surface area contributed by atoms with E-state index in [1.165, 1.54) is 23.9 Å². The van der Waals surface area contributed by atoms with Crippen LogP contribution in [-0.2, 0) is 20.9 Å². The van der Waals surface area contributed by atoms with Crippen LogP contribution in [0.1, 0.15) is 31.2 Å². The average Bonchev–Trinajstić information content (AvgIpc) is 3.42. The zero-order valence-electron chi connectivity index (χ0n) is 14.8. The van der Waals surface area contributed by atoms with Gasteiger partial charge in [-0.3, -0.25) is 19.7 Å². The number of benzene rings is 1. The topological polar surface area (TPSA) is 99.3 Å². The van der Waals surface area contributed by atoms with Gasteiger partial charge in [0.05, 0.1) is 5.75 Å². The fourth-order valence-electron chi connectivity index (χ4n) is 2.72. The van der Waals surface area contributed by atoms with E-state index in [0.717, 1.165) is 18.4 Å².